The molecule has 0 bridgehead atoms. The van der Waals surface area contributed by atoms with E-state index in [1.165, 1.54) is 12.8 Å². The summed E-state index contributed by atoms with van der Waals surface area (Å²) >= 11 is 0. The Hall–Kier alpha value is -0.720. The predicted octanol–water partition coefficient (Wildman–Crippen LogP) is 5.68. The van der Waals surface area contributed by atoms with Crippen LogP contribution < -0.4 is 0 Å². The Morgan fingerprint density at radius 2 is 1.18 bits per heavy atom. The summed E-state index contributed by atoms with van der Waals surface area (Å²) in [5.41, 5.74) is 0. The van der Waals surface area contributed by atoms with Crippen LogP contribution in [0.1, 0.15) is 66.2 Å². The minimum Gasteiger partial charge on any atom is -0.467 e. The van der Waals surface area contributed by atoms with Crippen molar-refractivity contribution >= 4 is 0 Å². The first kappa shape index (κ1) is 16.3. The van der Waals surface area contributed by atoms with Crippen LogP contribution in [-0.4, -0.2) is 0 Å². The molecular weight excluding hydrogens is 208 g/mol. The lowest BCUT2D eigenvalue weighted by atomic mass is 10.1. The maximum atomic E-state index is 5.63. The zero-order valence-corrected chi connectivity index (χ0v) is 12.2. The molecule has 0 aromatic rings. The van der Waals surface area contributed by atoms with Gasteiger partial charge in [-0.05, 0) is 24.7 Å². The molecule has 0 unspecified atom stereocenters. The van der Waals surface area contributed by atoms with Gasteiger partial charge in [-0.2, -0.15) is 0 Å². The van der Waals surface area contributed by atoms with Crippen LogP contribution >= 0.6 is 0 Å². The first-order valence-corrected chi connectivity index (χ1v) is 6.95. The van der Waals surface area contributed by atoms with Crippen molar-refractivity contribution in [3.63, 3.8) is 0 Å². The zero-order chi connectivity index (χ0) is 13.3. The van der Waals surface area contributed by atoms with Gasteiger partial charge < -0.3 is 4.74 Å². The van der Waals surface area contributed by atoms with E-state index in [4.69, 9.17) is 4.74 Å². The maximum Gasteiger partial charge on any atom is 0.0964 e. The van der Waals surface area contributed by atoms with E-state index in [2.05, 4.69) is 40.9 Å². The molecule has 0 aliphatic heterocycles. The van der Waals surface area contributed by atoms with Crippen LogP contribution in [0.5, 0.6) is 0 Å². The number of hydrogen-bond acceptors (Lipinski definition) is 1. The molecule has 0 saturated heterocycles. The monoisotopic (exact) mass is 238 g/mol. The van der Waals surface area contributed by atoms with Crippen molar-refractivity contribution in [1.29, 1.82) is 0 Å². The molecule has 0 radical (unpaired) electrons. The first-order valence-electron chi connectivity index (χ1n) is 6.95. The summed E-state index contributed by atoms with van der Waals surface area (Å²) in [5.74, 6) is 3.27. The molecule has 0 aliphatic rings. The molecule has 0 amide bonds. The van der Waals surface area contributed by atoms with Gasteiger partial charge in [-0.25, -0.2) is 0 Å². The lowest BCUT2D eigenvalue weighted by Gasteiger charge is -2.12. The molecule has 0 aromatic carbocycles. The van der Waals surface area contributed by atoms with Gasteiger partial charge in [-0.15, -0.1) is 0 Å². The third-order valence-electron chi connectivity index (χ3n) is 2.76. The number of hydrogen-bond donors (Lipinski definition) is 0. The van der Waals surface area contributed by atoms with Crippen LogP contribution in [0.2, 0.25) is 0 Å². The summed E-state index contributed by atoms with van der Waals surface area (Å²) in [4.78, 5) is 0. The average molecular weight is 238 g/mol. The highest BCUT2D eigenvalue weighted by Crippen LogP contribution is 2.17. The molecule has 0 rings (SSSR count). The largest absolute Gasteiger partial charge is 0.467 e. The quantitative estimate of drug-likeness (QED) is 0.445. The predicted molar refractivity (Wildman–Crippen MR) is 76.7 cm³/mol. The van der Waals surface area contributed by atoms with Gasteiger partial charge >= 0.3 is 0 Å². The molecule has 0 aromatic heterocycles. The second-order valence-electron chi connectivity index (χ2n) is 5.75. The first-order chi connectivity index (χ1) is 7.91. The van der Waals surface area contributed by atoms with Crippen molar-refractivity contribution in [2.45, 2.75) is 66.2 Å². The molecule has 0 saturated carbocycles. The second-order valence-corrected chi connectivity index (χ2v) is 5.75. The van der Waals surface area contributed by atoms with E-state index in [1.807, 2.05) is 0 Å². The molecule has 0 fully saturated rings. The van der Waals surface area contributed by atoms with Crippen molar-refractivity contribution in [3.05, 3.63) is 24.7 Å². The lowest BCUT2D eigenvalue weighted by Crippen LogP contribution is -1.95. The van der Waals surface area contributed by atoms with E-state index in [0.717, 1.165) is 49.0 Å². The Morgan fingerprint density at radius 1 is 0.824 bits per heavy atom. The van der Waals surface area contributed by atoms with E-state index in [-0.39, 0.29) is 0 Å². The Morgan fingerprint density at radius 3 is 1.47 bits per heavy atom. The Kier molecular flexibility index (Phi) is 8.93. The van der Waals surface area contributed by atoms with Gasteiger partial charge in [0.15, 0.2) is 0 Å². The van der Waals surface area contributed by atoms with Crippen molar-refractivity contribution < 1.29 is 4.74 Å². The number of allylic oxidation sites excluding steroid dienone is 2. The van der Waals surface area contributed by atoms with Gasteiger partial charge in [0.1, 0.15) is 0 Å². The Bertz CT molecular complexity index is 202. The van der Waals surface area contributed by atoms with E-state index >= 15 is 0 Å². The number of ether oxygens (including phenoxy) is 1. The van der Waals surface area contributed by atoms with E-state index in [9.17, 15) is 0 Å². The maximum absolute atomic E-state index is 5.63. The van der Waals surface area contributed by atoms with Gasteiger partial charge in [0, 0.05) is 12.8 Å². The molecule has 1 nitrogen and oxygen atoms in total. The van der Waals surface area contributed by atoms with E-state index in [0.29, 0.717) is 0 Å². The highest BCUT2D eigenvalue weighted by molar-refractivity contribution is 4.93. The highest BCUT2D eigenvalue weighted by atomic mass is 16.5. The van der Waals surface area contributed by atoms with Crippen LogP contribution in [-0.2, 0) is 4.74 Å². The smallest absolute Gasteiger partial charge is 0.0964 e. The summed E-state index contributed by atoms with van der Waals surface area (Å²) in [6.07, 6.45) is 6.72. The third kappa shape index (κ3) is 11.5. The standard InChI is InChI=1S/C16H30O/c1-13(2)9-7-11-15(5)17-16(6)12-8-10-14(3)4/h13-14H,5-12H2,1-4H3. The van der Waals surface area contributed by atoms with Crippen molar-refractivity contribution in [1.82, 2.24) is 0 Å². The Balaban J connectivity index is 3.56. The van der Waals surface area contributed by atoms with Crippen molar-refractivity contribution in [3.8, 4) is 0 Å². The number of rotatable bonds is 10. The fourth-order valence-electron chi connectivity index (χ4n) is 1.72. The van der Waals surface area contributed by atoms with E-state index < -0.39 is 0 Å². The molecule has 0 heterocycles. The second kappa shape index (κ2) is 9.32. The molecule has 0 spiro atoms. The fraction of sp³-hybridized carbons (Fsp3) is 0.750. The minimum absolute atomic E-state index is 0.761. The van der Waals surface area contributed by atoms with Gasteiger partial charge in [-0.3, -0.25) is 0 Å². The van der Waals surface area contributed by atoms with Gasteiger partial charge in [0.2, 0.25) is 0 Å². The van der Waals surface area contributed by atoms with Crippen molar-refractivity contribution in [2.24, 2.45) is 11.8 Å². The zero-order valence-electron chi connectivity index (χ0n) is 12.2. The minimum atomic E-state index is 0.761. The average Bonchev–Trinajstić information content (AvgIpc) is 2.15. The summed E-state index contributed by atoms with van der Waals surface area (Å²) in [6.45, 7) is 16.9. The molecule has 0 atom stereocenters. The summed E-state index contributed by atoms with van der Waals surface area (Å²) in [6, 6.07) is 0. The van der Waals surface area contributed by atoms with Gasteiger partial charge in [-0.1, -0.05) is 53.7 Å². The Labute approximate surface area is 108 Å². The summed E-state index contributed by atoms with van der Waals surface area (Å²) < 4.78 is 5.63. The molecule has 17 heavy (non-hydrogen) atoms. The molecule has 100 valence electrons. The molecule has 0 aliphatic carbocycles. The van der Waals surface area contributed by atoms with Gasteiger partial charge in [0.25, 0.3) is 0 Å². The summed E-state index contributed by atoms with van der Waals surface area (Å²) in [5, 5.41) is 0. The van der Waals surface area contributed by atoms with Gasteiger partial charge in [0.05, 0.1) is 11.5 Å². The van der Waals surface area contributed by atoms with Crippen LogP contribution in [0.15, 0.2) is 24.7 Å². The third-order valence-corrected chi connectivity index (χ3v) is 2.76. The van der Waals surface area contributed by atoms with Crippen LogP contribution in [0, 0.1) is 11.8 Å². The molecular formula is C16H30O. The van der Waals surface area contributed by atoms with Crippen LogP contribution in [0.25, 0.3) is 0 Å². The van der Waals surface area contributed by atoms with Crippen molar-refractivity contribution in [2.75, 3.05) is 0 Å². The lowest BCUT2D eigenvalue weighted by molar-refractivity contribution is 0.272. The fourth-order valence-corrected chi connectivity index (χ4v) is 1.72. The highest BCUT2D eigenvalue weighted by Gasteiger charge is 2.02. The topological polar surface area (TPSA) is 9.23 Å². The van der Waals surface area contributed by atoms with E-state index in [1.54, 1.807) is 0 Å². The summed E-state index contributed by atoms with van der Waals surface area (Å²) in [7, 11) is 0. The SMILES string of the molecule is C=C(CCCC(C)C)OC(=C)CCCC(C)C. The van der Waals surface area contributed by atoms with Crippen LogP contribution in [0.4, 0.5) is 0 Å². The molecule has 0 N–H and O–H groups in total. The van der Waals surface area contributed by atoms with Crippen LogP contribution in [0.3, 0.4) is 0 Å². The normalized spacial score (nSPS) is 10.9. The molecule has 1 heteroatoms.